The second-order valence-electron chi connectivity index (χ2n) is 4.38. The SMILES string of the molecule is CC(C)N(C)CCNC(=O)c1cccc(S)c1. The van der Waals surface area contributed by atoms with Gasteiger partial charge in [0.15, 0.2) is 0 Å². The van der Waals surface area contributed by atoms with E-state index in [1.807, 2.05) is 19.2 Å². The Bertz CT molecular complexity index is 379. The first-order valence-corrected chi connectivity index (χ1v) is 6.23. The van der Waals surface area contributed by atoms with E-state index in [4.69, 9.17) is 0 Å². The number of likely N-dealkylation sites (N-methyl/N-ethyl adjacent to an activating group) is 1. The number of nitrogens with zero attached hydrogens (tertiary/aromatic N) is 1. The molecule has 0 spiro atoms. The molecule has 0 aliphatic rings. The number of benzene rings is 1. The zero-order valence-corrected chi connectivity index (χ0v) is 11.5. The molecule has 0 saturated carbocycles. The third-order valence-corrected chi connectivity index (χ3v) is 3.02. The standard InChI is InChI=1S/C13H20N2OS/c1-10(2)15(3)8-7-14-13(16)11-5-4-6-12(17)9-11/h4-6,9-10,17H,7-8H2,1-3H3,(H,14,16). The van der Waals surface area contributed by atoms with E-state index in [1.165, 1.54) is 0 Å². The monoisotopic (exact) mass is 252 g/mol. The molecular weight excluding hydrogens is 232 g/mol. The molecule has 3 nitrogen and oxygen atoms in total. The molecular formula is C13H20N2OS. The van der Waals surface area contributed by atoms with E-state index in [2.05, 4.69) is 36.7 Å². The molecule has 0 aliphatic carbocycles. The Balaban J connectivity index is 2.40. The summed E-state index contributed by atoms with van der Waals surface area (Å²) in [5.74, 6) is -0.0435. The van der Waals surface area contributed by atoms with Crippen molar-refractivity contribution < 1.29 is 4.79 Å². The average molecular weight is 252 g/mol. The van der Waals surface area contributed by atoms with Gasteiger partial charge in [0.05, 0.1) is 0 Å². The Labute approximate surface area is 109 Å². The molecule has 0 heterocycles. The number of rotatable bonds is 5. The van der Waals surface area contributed by atoms with Gasteiger partial charge in [-0.25, -0.2) is 0 Å². The van der Waals surface area contributed by atoms with Crippen LogP contribution in [0.15, 0.2) is 29.2 Å². The van der Waals surface area contributed by atoms with E-state index in [9.17, 15) is 4.79 Å². The lowest BCUT2D eigenvalue weighted by molar-refractivity contribution is 0.0948. The number of carbonyl (C=O) groups is 1. The molecule has 1 amide bonds. The van der Waals surface area contributed by atoms with Crippen LogP contribution in [0.5, 0.6) is 0 Å². The fourth-order valence-corrected chi connectivity index (χ4v) is 1.58. The predicted octanol–water partition coefficient (Wildman–Crippen LogP) is 2.05. The first kappa shape index (κ1) is 14.1. The van der Waals surface area contributed by atoms with Crippen LogP contribution in [0, 0.1) is 0 Å². The quantitative estimate of drug-likeness (QED) is 0.786. The van der Waals surface area contributed by atoms with Crippen molar-refractivity contribution in [1.82, 2.24) is 10.2 Å². The van der Waals surface area contributed by atoms with E-state index in [0.29, 0.717) is 18.2 Å². The topological polar surface area (TPSA) is 32.3 Å². The molecule has 17 heavy (non-hydrogen) atoms. The first-order valence-electron chi connectivity index (χ1n) is 5.78. The molecule has 1 rings (SSSR count). The van der Waals surface area contributed by atoms with E-state index in [0.717, 1.165) is 11.4 Å². The van der Waals surface area contributed by atoms with E-state index in [-0.39, 0.29) is 5.91 Å². The number of nitrogens with one attached hydrogen (secondary N) is 1. The van der Waals surface area contributed by atoms with Gasteiger partial charge in [-0.1, -0.05) is 6.07 Å². The summed E-state index contributed by atoms with van der Waals surface area (Å²) in [7, 11) is 2.05. The van der Waals surface area contributed by atoms with Crippen molar-refractivity contribution in [1.29, 1.82) is 0 Å². The van der Waals surface area contributed by atoms with Crippen molar-refractivity contribution in [2.24, 2.45) is 0 Å². The molecule has 0 bridgehead atoms. The van der Waals surface area contributed by atoms with Gasteiger partial charge in [0, 0.05) is 29.6 Å². The molecule has 0 aliphatic heterocycles. The second-order valence-corrected chi connectivity index (χ2v) is 4.90. The van der Waals surface area contributed by atoms with Crippen molar-refractivity contribution in [2.75, 3.05) is 20.1 Å². The molecule has 0 atom stereocenters. The van der Waals surface area contributed by atoms with Gasteiger partial charge in [0.1, 0.15) is 0 Å². The van der Waals surface area contributed by atoms with Crippen molar-refractivity contribution in [3.8, 4) is 0 Å². The summed E-state index contributed by atoms with van der Waals surface area (Å²) in [5, 5.41) is 2.90. The van der Waals surface area contributed by atoms with E-state index >= 15 is 0 Å². The highest BCUT2D eigenvalue weighted by Gasteiger charge is 2.06. The lowest BCUT2D eigenvalue weighted by Crippen LogP contribution is -2.36. The van der Waals surface area contributed by atoms with E-state index < -0.39 is 0 Å². The van der Waals surface area contributed by atoms with Gasteiger partial charge in [0.2, 0.25) is 0 Å². The Morgan fingerprint density at radius 1 is 1.47 bits per heavy atom. The summed E-state index contributed by atoms with van der Waals surface area (Å²) in [6, 6.07) is 7.74. The van der Waals surface area contributed by atoms with Gasteiger partial charge < -0.3 is 10.2 Å². The van der Waals surface area contributed by atoms with Crippen molar-refractivity contribution in [3.05, 3.63) is 29.8 Å². The summed E-state index contributed by atoms with van der Waals surface area (Å²) in [6.07, 6.45) is 0. The minimum atomic E-state index is -0.0435. The zero-order chi connectivity index (χ0) is 12.8. The van der Waals surface area contributed by atoms with Crippen LogP contribution in [0.3, 0.4) is 0 Å². The molecule has 4 heteroatoms. The number of hydrogen-bond donors (Lipinski definition) is 2. The summed E-state index contributed by atoms with van der Waals surface area (Å²) in [5.41, 5.74) is 0.657. The van der Waals surface area contributed by atoms with Gasteiger partial charge in [0.25, 0.3) is 5.91 Å². The lowest BCUT2D eigenvalue weighted by Gasteiger charge is -2.20. The smallest absolute Gasteiger partial charge is 0.251 e. The van der Waals surface area contributed by atoms with Crippen LogP contribution in [0.1, 0.15) is 24.2 Å². The van der Waals surface area contributed by atoms with Crippen LogP contribution >= 0.6 is 12.6 Å². The van der Waals surface area contributed by atoms with Crippen molar-refractivity contribution in [2.45, 2.75) is 24.8 Å². The Morgan fingerprint density at radius 2 is 2.18 bits per heavy atom. The van der Waals surface area contributed by atoms with Gasteiger partial charge in [-0.15, -0.1) is 12.6 Å². The third kappa shape index (κ3) is 4.79. The summed E-state index contributed by atoms with van der Waals surface area (Å²) >= 11 is 4.21. The Hall–Kier alpha value is -1.00. The second kappa shape index (κ2) is 6.67. The molecule has 1 aromatic rings. The van der Waals surface area contributed by atoms with E-state index in [1.54, 1.807) is 12.1 Å². The molecule has 0 unspecified atom stereocenters. The van der Waals surface area contributed by atoms with Crippen molar-refractivity contribution >= 4 is 18.5 Å². The Morgan fingerprint density at radius 3 is 2.76 bits per heavy atom. The molecule has 0 aromatic heterocycles. The summed E-state index contributed by atoms with van der Waals surface area (Å²) in [6.45, 7) is 5.77. The van der Waals surface area contributed by atoms with Gasteiger partial charge >= 0.3 is 0 Å². The number of hydrogen-bond acceptors (Lipinski definition) is 3. The van der Waals surface area contributed by atoms with Gasteiger partial charge in [-0.05, 0) is 39.1 Å². The van der Waals surface area contributed by atoms with Crippen LogP contribution < -0.4 is 5.32 Å². The number of carbonyl (C=O) groups excluding carboxylic acids is 1. The first-order chi connectivity index (χ1) is 8.00. The van der Waals surface area contributed by atoms with Crippen molar-refractivity contribution in [3.63, 3.8) is 0 Å². The normalized spacial score (nSPS) is 10.9. The summed E-state index contributed by atoms with van der Waals surface area (Å²) in [4.78, 5) is 14.8. The minimum Gasteiger partial charge on any atom is -0.351 e. The fourth-order valence-electron chi connectivity index (χ4n) is 1.35. The molecule has 0 fully saturated rings. The molecule has 0 radical (unpaired) electrons. The highest BCUT2D eigenvalue weighted by molar-refractivity contribution is 7.80. The zero-order valence-electron chi connectivity index (χ0n) is 10.6. The predicted molar refractivity (Wildman–Crippen MR) is 73.8 cm³/mol. The third-order valence-electron chi connectivity index (χ3n) is 2.74. The van der Waals surface area contributed by atoms with Crippen LogP contribution in [-0.2, 0) is 0 Å². The maximum absolute atomic E-state index is 11.8. The van der Waals surface area contributed by atoms with Gasteiger partial charge in [-0.3, -0.25) is 4.79 Å². The van der Waals surface area contributed by atoms with Crippen LogP contribution in [0.2, 0.25) is 0 Å². The highest BCUT2D eigenvalue weighted by Crippen LogP contribution is 2.08. The maximum atomic E-state index is 11.8. The molecule has 94 valence electrons. The van der Waals surface area contributed by atoms with Gasteiger partial charge in [-0.2, -0.15) is 0 Å². The highest BCUT2D eigenvalue weighted by atomic mass is 32.1. The van der Waals surface area contributed by atoms with Crippen LogP contribution in [0.25, 0.3) is 0 Å². The molecule has 1 aromatic carbocycles. The van der Waals surface area contributed by atoms with Crippen LogP contribution in [0.4, 0.5) is 0 Å². The molecule has 0 saturated heterocycles. The largest absolute Gasteiger partial charge is 0.351 e. The molecule has 1 N–H and O–H groups in total. The lowest BCUT2D eigenvalue weighted by atomic mass is 10.2. The average Bonchev–Trinajstić information content (AvgIpc) is 2.28. The number of amides is 1. The maximum Gasteiger partial charge on any atom is 0.251 e. The minimum absolute atomic E-state index is 0.0435. The summed E-state index contributed by atoms with van der Waals surface area (Å²) < 4.78 is 0. The number of thiol groups is 1. The fraction of sp³-hybridized carbons (Fsp3) is 0.462. The Kier molecular flexibility index (Phi) is 5.51. The van der Waals surface area contributed by atoms with Crippen LogP contribution in [-0.4, -0.2) is 37.0 Å².